The number of alkyl halides is 3. The second-order valence-electron chi connectivity index (χ2n) is 9.31. The second kappa shape index (κ2) is 14.4. The number of ether oxygens (including phenoxy) is 2. The van der Waals surface area contributed by atoms with E-state index in [2.05, 4.69) is 31.1 Å². The van der Waals surface area contributed by atoms with Crippen molar-refractivity contribution in [3.63, 3.8) is 0 Å². The number of hydrogen-bond acceptors (Lipinski definition) is 9. The number of nitrogens with two attached hydrogens (primary N) is 1. The molecule has 0 aromatic heterocycles. The van der Waals surface area contributed by atoms with Gasteiger partial charge in [0.1, 0.15) is 11.4 Å². The lowest BCUT2D eigenvalue weighted by Gasteiger charge is -2.18. The van der Waals surface area contributed by atoms with Gasteiger partial charge in [-0.25, -0.2) is 5.53 Å². The number of halogens is 3. The number of amides is 2. The Morgan fingerprint density at radius 2 is 1.87 bits per heavy atom. The zero-order valence-electron chi connectivity index (χ0n) is 21.4. The molecule has 2 aliphatic heterocycles. The highest BCUT2D eigenvalue weighted by Crippen LogP contribution is 2.38. The molecule has 214 valence electrons. The van der Waals surface area contributed by atoms with Crippen LogP contribution in [0.3, 0.4) is 0 Å². The summed E-state index contributed by atoms with van der Waals surface area (Å²) < 4.78 is 46.7. The fraction of sp³-hybridized carbons (Fsp3) is 0.520. The molecule has 11 nitrogen and oxygen atoms in total. The van der Waals surface area contributed by atoms with Crippen LogP contribution in [0.25, 0.3) is 0 Å². The van der Waals surface area contributed by atoms with Gasteiger partial charge in [0.05, 0.1) is 12.2 Å². The van der Waals surface area contributed by atoms with Crippen molar-refractivity contribution >= 4 is 11.8 Å². The molecule has 14 heteroatoms. The summed E-state index contributed by atoms with van der Waals surface area (Å²) in [5.74, 6) is -1.04. The van der Waals surface area contributed by atoms with Gasteiger partial charge >= 0.3 is 6.36 Å². The summed E-state index contributed by atoms with van der Waals surface area (Å²) >= 11 is 0. The Morgan fingerprint density at radius 1 is 1.13 bits per heavy atom. The summed E-state index contributed by atoms with van der Waals surface area (Å²) in [6.07, 6.45) is 3.04. The van der Waals surface area contributed by atoms with Crippen LogP contribution < -0.4 is 31.7 Å². The number of rotatable bonds is 15. The van der Waals surface area contributed by atoms with Crippen molar-refractivity contribution in [1.82, 2.24) is 21.3 Å². The van der Waals surface area contributed by atoms with E-state index in [0.717, 1.165) is 32.1 Å². The molecule has 2 aliphatic rings. The number of nitrogens with zero attached hydrogens (tertiary/aromatic N) is 1. The van der Waals surface area contributed by atoms with Crippen LogP contribution in [-0.2, 0) is 20.9 Å². The molecular weight excluding hydrogens is 519 g/mol. The third kappa shape index (κ3) is 10.1. The molecule has 1 aromatic rings. The monoisotopic (exact) mass is 553 g/mol. The minimum Gasteiger partial charge on any atom is -0.406 e. The first kappa shape index (κ1) is 29.7. The Bertz CT molecular complexity index is 1060. The largest absolute Gasteiger partial charge is 0.573 e. The fourth-order valence-electron chi connectivity index (χ4n) is 4.43. The van der Waals surface area contributed by atoms with Gasteiger partial charge in [0.15, 0.2) is 5.70 Å². The number of carbonyl (C=O) groups is 2. The van der Waals surface area contributed by atoms with Gasteiger partial charge < -0.3 is 36.5 Å². The van der Waals surface area contributed by atoms with Gasteiger partial charge in [-0.2, -0.15) is 5.11 Å². The molecule has 0 aliphatic carbocycles. The van der Waals surface area contributed by atoms with Crippen LogP contribution in [0.5, 0.6) is 5.75 Å². The molecule has 2 amide bonds. The highest BCUT2D eigenvalue weighted by atomic mass is 19.4. The number of carbonyl (C=O) groups excluding carboxylic acids is 2. The maximum absolute atomic E-state index is 12.3. The van der Waals surface area contributed by atoms with Gasteiger partial charge in [0.2, 0.25) is 0 Å². The fourth-order valence-corrected chi connectivity index (χ4v) is 4.43. The summed E-state index contributed by atoms with van der Waals surface area (Å²) in [4.78, 5) is 24.4. The van der Waals surface area contributed by atoms with Crippen LogP contribution in [0.1, 0.15) is 37.7 Å². The predicted molar refractivity (Wildman–Crippen MR) is 135 cm³/mol. The van der Waals surface area contributed by atoms with Crippen LogP contribution in [0.2, 0.25) is 0 Å². The van der Waals surface area contributed by atoms with Crippen LogP contribution in [-0.4, -0.2) is 50.0 Å². The zero-order chi connectivity index (χ0) is 28.3. The van der Waals surface area contributed by atoms with Crippen molar-refractivity contribution in [3.8, 4) is 5.75 Å². The molecule has 0 saturated carbocycles. The number of unbranched alkanes of at least 4 members (excludes halogenated alkanes) is 1. The average Bonchev–Trinajstić information content (AvgIpc) is 3.52. The summed E-state index contributed by atoms with van der Waals surface area (Å²) in [5.41, 5.74) is 13.3. The van der Waals surface area contributed by atoms with Crippen LogP contribution >= 0.6 is 0 Å². The van der Waals surface area contributed by atoms with E-state index in [4.69, 9.17) is 16.0 Å². The Morgan fingerprint density at radius 3 is 2.51 bits per heavy atom. The minimum atomic E-state index is -4.80. The molecule has 0 spiro atoms. The Hall–Kier alpha value is -3.81. The summed E-state index contributed by atoms with van der Waals surface area (Å²) in [6, 6.07) is 5.28. The first-order valence-corrected chi connectivity index (χ1v) is 12.7. The standard InChI is InChI=1S/C25H34F3N7O4/c26-25(27,28)39-19-5-3-4-16(10-19)12-33-23(36)20(29)14-31-8-1-2-9-32-15-21(35-30)24(37)34-13-17-11-18-6-7-22(17)38-18/h3-5,10,14-15,17-18,22,30-32H,1-2,6-9,11-13,29H2,(H,33,36)(H,34,37)/b20-14-,21-15-,35-30?. The molecule has 7 N–H and O–H groups in total. The molecule has 2 bridgehead atoms. The molecule has 2 fully saturated rings. The molecule has 0 radical (unpaired) electrons. The lowest BCUT2D eigenvalue weighted by molar-refractivity contribution is -0.274. The van der Waals surface area contributed by atoms with Gasteiger partial charge in [-0.05, 0) is 49.8 Å². The van der Waals surface area contributed by atoms with E-state index in [-0.39, 0.29) is 29.8 Å². The van der Waals surface area contributed by atoms with E-state index in [0.29, 0.717) is 37.2 Å². The van der Waals surface area contributed by atoms with Gasteiger partial charge in [0.25, 0.3) is 11.8 Å². The Labute approximate surface area is 224 Å². The van der Waals surface area contributed by atoms with Crippen molar-refractivity contribution in [2.75, 3.05) is 19.6 Å². The second-order valence-corrected chi connectivity index (χ2v) is 9.31. The molecule has 2 heterocycles. The van der Waals surface area contributed by atoms with E-state index in [1.807, 2.05) is 0 Å². The highest BCUT2D eigenvalue weighted by Gasteiger charge is 2.40. The maximum atomic E-state index is 12.3. The number of fused-ring (bicyclic) bond motifs is 2. The minimum absolute atomic E-state index is 0.00137. The van der Waals surface area contributed by atoms with E-state index in [9.17, 15) is 22.8 Å². The molecule has 1 aromatic carbocycles. The molecular formula is C25H34F3N7O4. The zero-order valence-corrected chi connectivity index (χ0v) is 21.4. The van der Waals surface area contributed by atoms with E-state index < -0.39 is 18.2 Å². The molecule has 3 atom stereocenters. The SMILES string of the molecule is N=N/C(=C\NCCCCN/C=C(\N)C(=O)NCc1cccc(OC(F)(F)F)c1)C(=O)NCC1CC2CCC1O2. The van der Waals surface area contributed by atoms with Crippen molar-refractivity contribution < 1.29 is 32.2 Å². The van der Waals surface area contributed by atoms with Crippen molar-refractivity contribution in [2.24, 2.45) is 16.8 Å². The van der Waals surface area contributed by atoms with Gasteiger partial charge in [-0.15, -0.1) is 13.2 Å². The average molecular weight is 554 g/mol. The lowest BCUT2D eigenvalue weighted by atomic mass is 9.89. The van der Waals surface area contributed by atoms with Crippen molar-refractivity contribution in [1.29, 1.82) is 5.53 Å². The number of benzene rings is 1. The molecule has 39 heavy (non-hydrogen) atoms. The van der Waals surface area contributed by atoms with Gasteiger partial charge in [-0.3, -0.25) is 9.59 Å². The third-order valence-corrected chi connectivity index (χ3v) is 6.35. The summed E-state index contributed by atoms with van der Waals surface area (Å²) in [5, 5.41) is 14.6. The van der Waals surface area contributed by atoms with Crippen molar-refractivity contribution in [2.45, 2.75) is 57.2 Å². The quantitative estimate of drug-likeness (QED) is 0.110. The van der Waals surface area contributed by atoms with E-state index >= 15 is 0 Å². The van der Waals surface area contributed by atoms with Crippen LogP contribution in [0.4, 0.5) is 13.2 Å². The Kier molecular flexibility index (Phi) is 11.0. The van der Waals surface area contributed by atoms with Gasteiger partial charge in [0, 0.05) is 44.5 Å². The van der Waals surface area contributed by atoms with Crippen molar-refractivity contribution in [3.05, 3.63) is 53.6 Å². The lowest BCUT2D eigenvalue weighted by Crippen LogP contribution is -2.34. The smallest absolute Gasteiger partial charge is 0.406 e. The van der Waals surface area contributed by atoms with Crippen LogP contribution in [0.15, 0.2) is 53.2 Å². The first-order valence-electron chi connectivity index (χ1n) is 12.7. The first-order chi connectivity index (χ1) is 18.6. The van der Waals surface area contributed by atoms with Crippen LogP contribution in [0, 0.1) is 11.4 Å². The third-order valence-electron chi connectivity index (χ3n) is 6.35. The maximum Gasteiger partial charge on any atom is 0.573 e. The number of hydrogen-bond donors (Lipinski definition) is 6. The van der Waals surface area contributed by atoms with E-state index in [1.54, 1.807) is 6.07 Å². The summed E-state index contributed by atoms with van der Waals surface area (Å²) in [7, 11) is 0. The molecule has 3 unspecified atom stereocenters. The topological polar surface area (TPSA) is 163 Å². The molecule has 3 rings (SSSR count). The molecule has 2 saturated heterocycles. The van der Waals surface area contributed by atoms with Gasteiger partial charge in [-0.1, -0.05) is 12.1 Å². The normalized spacial score (nSPS) is 20.8. The number of nitrogens with one attached hydrogen (secondary N) is 5. The highest BCUT2D eigenvalue weighted by molar-refractivity contribution is 5.92. The predicted octanol–water partition coefficient (Wildman–Crippen LogP) is 2.52. The Balaban J connectivity index is 1.26. The van der Waals surface area contributed by atoms with E-state index in [1.165, 1.54) is 30.6 Å². The summed E-state index contributed by atoms with van der Waals surface area (Å²) in [6.45, 7) is 1.56.